The van der Waals surface area contributed by atoms with Crippen molar-refractivity contribution >= 4 is 17.7 Å². The second-order valence-electron chi connectivity index (χ2n) is 9.49. The van der Waals surface area contributed by atoms with Crippen molar-refractivity contribution in [1.82, 2.24) is 19.9 Å². The number of carbonyl (C=O) groups excluding carboxylic acids is 1. The maximum atomic E-state index is 13.4. The summed E-state index contributed by atoms with van der Waals surface area (Å²) in [5, 5.41) is 19.0. The number of nitrogens with zero attached hydrogens (tertiary/aromatic N) is 4. The molecule has 2 fully saturated rings. The SMILES string of the molecule is N#Cc1ccc(CNC(=O)[C@H](Nc2cc(-n3cccc3)nc(NC3CC3)n2)C2CCCCC2)cc1. The Morgan fingerprint density at radius 1 is 1.06 bits per heavy atom. The van der Waals surface area contributed by atoms with E-state index in [2.05, 4.69) is 27.0 Å². The number of anilines is 2. The van der Waals surface area contributed by atoms with Crippen LogP contribution in [0, 0.1) is 17.2 Å². The maximum Gasteiger partial charge on any atom is 0.243 e. The fourth-order valence-corrected chi connectivity index (χ4v) is 4.62. The molecule has 0 aliphatic heterocycles. The largest absolute Gasteiger partial charge is 0.358 e. The Hall–Kier alpha value is -3.86. The van der Waals surface area contributed by atoms with Gasteiger partial charge in [0.1, 0.15) is 17.7 Å². The van der Waals surface area contributed by atoms with E-state index in [9.17, 15) is 4.79 Å². The van der Waals surface area contributed by atoms with E-state index in [0.29, 0.717) is 29.9 Å². The van der Waals surface area contributed by atoms with Crippen LogP contribution in [0.25, 0.3) is 5.82 Å². The number of carbonyl (C=O) groups is 1. The molecule has 3 aromatic rings. The highest BCUT2D eigenvalue weighted by Gasteiger charge is 2.30. The van der Waals surface area contributed by atoms with Gasteiger partial charge in [0.05, 0.1) is 11.6 Å². The molecule has 3 N–H and O–H groups in total. The molecule has 8 heteroatoms. The Labute approximate surface area is 205 Å². The third-order valence-corrected chi connectivity index (χ3v) is 6.75. The summed E-state index contributed by atoms with van der Waals surface area (Å²) in [6.07, 6.45) is 11.7. The third kappa shape index (κ3) is 5.99. The molecule has 0 radical (unpaired) electrons. The summed E-state index contributed by atoms with van der Waals surface area (Å²) in [5.41, 5.74) is 1.58. The summed E-state index contributed by atoms with van der Waals surface area (Å²) in [6.45, 7) is 0.419. The Kier molecular flexibility index (Phi) is 6.94. The Morgan fingerprint density at radius 2 is 1.80 bits per heavy atom. The second-order valence-corrected chi connectivity index (χ2v) is 9.49. The molecule has 1 aromatic carbocycles. The topological polar surface area (TPSA) is 108 Å². The predicted octanol–water partition coefficient (Wildman–Crippen LogP) is 4.39. The van der Waals surface area contributed by atoms with Crippen LogP contribution in [-0.4, -0.2) is 32.5 Å². The van der Waals surface area contributed by atoms with E-state index < -0.39 is 0 Å². The van der Waals surface area contributed by atoms with Crippen LogP contribution in [0.2, 0.25) is 0 Å². The minimum atomic E-state index is -0.380. The molecule has 5 rings (SSSR count). The Bertz CT molecular complexity index is 1170. The molecule has 0 unspecified atom stereocenters. The molecule has 180 valence electrons. The molecule has 2 aromatic heterocycles. The lowest BCUT2D eigenvalue weighted by molar-refractivity contribution is -0.123. The van der Waals surface area contributed by atoms with Crippen molar-refractivity contribution in [3.8, 4) is 11.9 Å². The Morgan fingerprint density at radius 3 is 2.49 bits per heavy atom. The van der Waals surface area contributed by atoms with E-state index in [4.69, 9.17) is 10.2 Å². The lowest BCUT2D eigenvalue weighted by Gasteiger charge is -2.30. The molecule has 2 aliphatic rings. The Balaban J connectivity index is 1.36. The van der Waals surface area contributed by atoms with Crippen LogP contribution in [0.15, 0.2) is 54.9 Å². The summed E-state index contributed by atoms with van der Waals surface area (Å²) in [7, 11) is 0. The van der Waals surface area contributed by atoms with Crippen molar-refractivity contribution in [1.29, 1.82) is 5.26 Å². The number of nitrogens with one attached hydrogen (secondary N) is 3. The van der Waals surface area contributed by atoms with Gasteiger partial charge in [0.15, 0.2) is 0 Å². The van der Waals surface area contributed by atoms with Gasteiger partial charge in [0.2, 0.25) is 11.9 Å². The normalized spacial score (nSPS) is 16.8. The highest BCUT2D eigenvalue weighted by molar-refractivity contribution is 5.84. The fraction of sp³-hybridized carbons (Fsp3) is 0.407. The summed E-state index contributed by atoms with van der Waals surface area (Å²) < 4.78 is 1.95. The van der Waals surface area contributed by atoms with E-state index in [0.717, 1.165) is 49.9 Å². The van der Waals surface area contributed by atoms with Crippen LogP contribution in [0.5, 0.6) is 0 Å². The number of hydrogen-bond donors (Lipinski definition) is 3. The molecule has 2 heterocycles. The van der Waals surface area contributed by atoms with Gasteiger partial charge in [0, 0.05) is 31.0 Å². The molecule has 8 nitrogen and oxygen atoms in total. The highest BCUT2D eigenvalue weighted by Crippen LogP contribution is 2.29. The molecule has 2 aliphatic carbocycles. The molecule has 1 amide bonds. The zero-order valence-corrected chi connectivity index (χ0v) is 19.8. The van der Waals surface area contributed by atoms with E-state index >= 15 is 0 Å². The van der Waals surface area contributed by atoms with Crippen LogP contribution in [-0.2, 0) is 11.3 Å². The average Bonchev–Trinajstić information content (AvgIpc) is 3.53. The smallest absolute Gasteiger partial charge is 0.243 e. The quantitative estimate of drug-likeness (QED) is 0.429. The number of amides is 1. The lowest BCUT2D eigenvalue weighted by Crippen LogP contribution is -2.45. The molecule has 0 spiro atoms. The van der Waals surface area contributed by atoms with Gasteiger partial charge in [-0.3, -0.25) is 4.79 Å². The predicted molar refractivity (Wildman–Crippen MR) is 135 cm³/mol. The number of benzene rings is 1. The first-order valence-corrected chi connectivity index (χ1v) is 12.5. The number of aromatic nitrogens is 3. The first-order chi connectivity index (χ1) is 17.2. The van der Waals surface area contributed by atoms with Gasteiger partial charge in [0.25, 0.3) is 0 Å². The van der Waals surface area contributed by atoms with Gasteiger partial charge < -0.3 is 20.5 Å². The average molecular weight is 470 g/mol. The van der Waals surface area contributed by atoms with Crippen LogP contribution in [0.4, 0.5) is 11.8 Å². The molecular formula is C27H31N7O. The van der Waals surface area contributed by atoms with Gasteiger partial charge in [-0.25, -0.2) is 0 Å². The molecular weight excluding hydrogens is 438 g/mol. The van der Waals surface area contributed by atoms with Crippen LogP contribution < -0.4 is 16.0 Å². The molecule has 1 atom stereocenters. The monoisotopic (exact) mass is 469 g/mol. The van der Waals surface area contributed by atoms with Crippen molar-refractivity contribution in [2.45, 2.75) is 63.6 Å². The van der Waals surface area contributed by atoms with E-state index in [-0.39, 0.29) is 17.9 Å². The van der Waals surface area contributed by atoms with Crippen molar-refractivity contribution < 1.29 is 4.79 Å². The number of nitriles is 1. The number of hydrogen-bond acceptors (Lipinski definition) is 6. The lowest BCUT2D eigenvalue weighted by atomic mass is 9.83. The van der Waals surface area contributed by atoms with E-state index in [1.807, 2.05) is 47.3 Å². The van der Waals surface area contributed by atoms with E-state index in [1.54, 1.807) is 12.1 Å². The first-order valence-electron chi connectivity index (χ1n) is 12.5. The van der Waals surface area contributed by atoms with E-state index in [1.165, 1.54) is 6.42 Å². The van der Waals surface area contributed by atoms with Crippen LogP contribution >= 0.6 is 0 Å². The van der Waals surface area contributed by atoms with Crippen molar-refractivity contribution in [3.63, 3.8) is 0 Å². The molecule has 0 bridgehead atoms. The zero-order chi connectivity index (χ0) is 24.0. The van der Waals surface area contributed by atoms with Crippen LogP contribution in [0.1, 0.15) is 56.1 Å². The number of rotatable bonds is 9. The van der Waals surface area contributed by atoms with Gasteiger partial charge in [-0.1, -0.05) is 31.4 Å². The summed E-state index contributed by atoms with van der Waals surface area (Å²) in [5.74, 6) is 2.21. The highest BCUT2D eigenvalue weighted by atomic mass is 16.2. The fourth-order valence-electron chi connectivity index (χ4n) is 4.62. The van der Waals surface area contributed by atoms with Gasteiger partial charge in [-0.15, -0.1) is 0 Å². The van der Waals surface area contributed by atoms with Crippen molar-refractivity contribution in [2.75, 3.05) is 10.6 Å². The van der Waals surface area contributed by atoms with Crippen molar-refractivity contribution in [2.24, 2.45) is 5.92 Å². The van der Waals surface area contributed by atoms with Crippen molar-refractivity contribution in [3.05, 3.63) is 66.0 Å². The molecule has 2 saturated carbocycles. The maximum absolute atomic E-state index is 13.4. The molecule has 35 heavy (non-hydrogen) atoms. The van der Waals surface area contributed by atoms with Gasteiger partial charge in [-0.2, -0.15) is 15.2 Å². The minimum Gasteiger partial charge on any atom is -0.358 e. The summed E-state index contributed by atoms with van der Waals surface area (Å²) in [6, 6.07) is 15.3. The standard InChI is InChI=1S/C27H31N7O/c28-17-19-8-10-20(11-9-19)18-29-26(35)25(21-6-2-1-3-7-21)31-23-16-24(34-14-4-5-15-34)33-27(32-23)30-22-12-13-22/h4-5,8-11,14-16,21-22,25H,1-3,6-7,12-13,18H2,(H,29,35)(H2,30,31,32,33)/t25-/m1/s1. The minimum absolute atomic E-state index is 0.0286. The summed E-state index contributed by atoms with van der Waals surface area (Å²) >= 11 is 0. The van der Waals surface area contributed by atoms with Crippen LogP contribution in [0.3, 0.4) is 0 Å². The van der Waals surface area contributed by atoms with Gasteiger partial charge >= 0.3 is 0 Å². The third-order valence-electron chi connectivity index (χ3n) is 6.75. The van der Waals surface area contributed by atoms with Gasteiger partial charge in [-0.05, 0) is 61.4 Å². The summed E-state index contributed by atoms with van der Waals surface area (Å²) in [4.78, 5) is 22.8. The second kappa shape index (κ2) is 10.6. The zero-order valence-electron chi connectivity index (χ0n) is 19.8. The first kappa shape index (κ1) is 22.9. The molecule has 0 saturated heterocycles.